The van der Waals surface area contributed by atoms with Crippen molar-refractivity contribution >= 4 is 29.0 Å². The van der Waals surface area contributed by atoms with Crippen molar-refractivity contribution in [3.8, 4) is 5.75 Å². The maximum Gasteiger partial charge on any atom is 0.434 e. The predicted molar refractivity (Wildman–Crippen MR) is 140 cm³/mol. The number of benzene rings is 1. The Balaban J connectivity index is 1.57. The Morgan fingerprint density at radius 3 is 2.44 bits per heavy atom. The SMILES string of the molecule is CC(C)OC(=O)C1=CN(C(=O)c2ccc(OCCN3CCOCC3)cc2)CC(C)(C)c2c(C(F)(F)F)nsc21. The molecule has 0 unspecified atom stereocenters. The van der Waals surface area contributed by atoms with E-state index in [4.69, 9.17) is 14.2 Å². The van der Waals surface area contributed by atoms with Crippen LogP contribution in [0.5, 0.6) is 5.75 Å². The zero-order valence-electron chi connectivity index (χ0n) is 22.3. The molecule has 3 heterocycles. The molecule has 0 atom stereocenters. The van der Waals surface area contributed by atoms with Gasteiger partial charge in [-0.1, -0.05) is 13.8 Å². The van der Waals surface area contributed by atoms with E-state index in [1.807, 2.05) is 0 Å². The first-order valence-electron chi connectivity index (χ1n) is 12.7. The summed E-state index contributed by atoms with van der Waals surface area (Å²) < 4.78 is 61.8. The molecule has 1 amide bonds. The molecule has 4 rings (SSSR count). The van der Waals surface area contributed by atoms with E-state index >= 15 is 0 Å². The maximum atomic E-state index is 13.9. The average Bonchev–Trinajstić information content (AvgIpc) is 3.29. The Morgan fingerprint density at radius 2 is 1.82 bits per heavy atom. The van der Waals surface area contributed by atoms with E-state index < -0.39 is 35.3 Å². The minimum absolute atomic E-state index is 0.0530. The number of carbonyl (C=O) groups is 2. The third-order valence-corrected chi connectivity index (χ3v) is 7.32. The van der Waals surface area contributed by atoms with E-state index in [0.29, 0.717) is 42.7 Å². The second-order valence-corrected chi connectivity index (χ2v) is 11.1. The summed E-state index contributed by atoms with van der Waals surface area (Å²) in [6.45, 7) is 10.7. The van der Waals surface area contributed by atoms with Crippen molar-refractivity contribution in [2.24, 2.45) is 0 Å². The molecule has 0 spiro atoms. The van der Waals surface area contributed by atoms with Crippen LogP contribution in [0.4, 0.5) is 13.2 Å². The number of aromatic nitrogens is 1. The highest BCUT2D eigenvalue weighted by atomic mass is 32.1. The molecule has 212 valence electrons. The number of rotatable bonds is 7. The zero-order valence-corrected chi connectivity index (χ0v) is 23.2. The molecule has 0 radical (unpaired) electrons. The van der Waals surface area contributed by atoms with Gasteiger partial charge in [0.15, 0.2) is 5.69 Å². The zero-order chi connectivity index (χ0) is 28.4. The lowest BCUT2D eigenvalue weighted by molar-refractivity contribution is -0.142. The molecule has 2 aliphatic heterocycles. The van der Waals surface area contributed by atoms with Gasteiger partial charge in [0.05, 0.1) is 29.8 Å². The first kappa shape index (κ1) is 29.0. The molecule has 0 aliphatic carbocycles. The van der Waals surface area contributed by atoms with Gasteiger partial charge in [0.25, 0.3) is 5.91 Å². The van der Waals surface area contributed by atoms with Crippen LogP contribution in [0.3, 0.4) is 0 Å². The smallest absolute Gasteiger partial charge is 0.434 e. The summed E-state index contributed by atoms with van der Waals surface area (Å²) in [6.07, 6.45) is -3.94. The average molecular weight is 568 g/mol. The van der Waals surface area contributed by atoms with E-state index in [9.17, 15) is 22.8 Å². The quantitative estimate of drug-likeness (QED) is 0.453. The Hall–Kier alpha value is -2.96. The predicted octanol–water partition coefficient (Wildman–Crippen LogP) is 4.60. The fourth-order valence-corrected chi connectivity index (χ4v) is 5.67. The van der Waals surface area contributed by atoms with Crippen molar-refractivity contribution in [3.05, 3.63) is 52.2 Å². The fourth-order valence-electron chi connectivity index (χ4n) is 4.59. The molecular formula is C27H32F3N3O5S. The maximum absolute atomic E-state index is 13.9. The van der Waals surface area contributed by atoms with Gasteiger partial charge in [-0.3, -0.25) is 9.69 Å². The monoisotopic (exact) mass is 567 g/mol. The minimum Gasteiger partial charge on any atom is -0.492 e. The molecule has 2 aliphatic rings. The van der Waals surface area contributed by atoms with Crippen LogP contribution in [0.2, 0.25) is 0 Å². The molecule has 1 aromatic heterocycles. The fraction of sp³-hybridized carbons (Fsp3) is 0.519. The van der Waals surface area contributed by atoms with Crippen molar-refractivity contribution in [1.82, 2.24) is 14.2 Å². The molecule has 1 aromatic carbocycles. The molecule has 39 heavy (non-hydrogen) atoms. The van der Waals surface area contributed by atoms with Crippen LogP contribution in [-0.4, -0.2) is 78.2 Å². The number of alkyl halides is 3. The first-order valence-corrected chi connectivity index (χ1v) is 13.5. The highest BCUT2D eigenvalue weighted by Crippen LogP contribution is 2.45. The molecule has 0 N–H and O–H groups in total. The summed E-state index contributed by atoms with van der Waals surface area (Å²) in [7, 11) is 0. The lowest BCUT2D eigenvalue weighted by Gasteiger charge is -2.30. The molecule has 0 saturated carbocycles. The van der Waals surface area contributed by atoms with Gasteiger partial charge in [0, 0.05) is 48.9 Å². The van der Waals surface area contributed by atoms with Crippen LogP contribution < -0.4 is 4.74 Å². The van der Waals surface area contributed by atoms with Gasteiger partial charge in [-0.2, -0.15) is 17.5 Å². The number of hydrogen-bond acceptors (Lipinski definition) is 8. The topological polar surface area (TPSA) is 81.2 Å². The standard InChI is InChI=1S/C27H32F3N3O5S/c1-17(2)38-25(35)20-15-33(16-26(3,4)21-22(20)39-31-23(21)27(28,29)30)24(34)18-5-7-19(8-6-18)37-14-11-32-9-12-36-13-10-32/h5-8,15,17H,9-14,16H2,1-4H3. The number of hydrogen-bond donors (Lipinski definition) is 0. The first-order chi connectivity index (χ1) is 18.4. The van der Waals surface area contributed by atoms with Crippen molar-refractivity contribution in [3.63, 3.8) is 0 Å². The number of esters is 1. The summed E-state index contributed by atoms with van der Waals surface area (Å²) in [6, 6.07) is 6.55. The molecule has 8 nitrogen and oxygen atoms in total. The van der Waals surface area contributed by atoms with Crippen molar-refractivity contribution in [2.75, 3.05) is 46.0 Å². The molecule has 12 heteroatoms. The van der Waals surface area contributed by atoms with Crippen molar-refractivity contribution in [1.29, 1.82) is 0 Å². The van der Waals surface area contributed by atoms with Gasteiger partial charge in [-0.05, 0) is 49.6 Å². The summed E-state index contributed by atoms with van der Waals surface area (Å²) in [5.41, 5.74) is -2.16. The number of morpholine rings is 1. The molecule has 1 fully saturated rings. The number of carbonyl (C=O) groups excluding carboxylic acids is 2. The molecule has 2 aromatic rings. The molecule has 1 saturated heterocycles. The Morgan fingerprint density at radius 1 is 1.15 bits per heavy atom. The van der Waals surface area contributed by atoms with Crippen molar-refractivity contribution < 1.29 is 37.0 Å². The van der Waals surface area contributed by atoms with Crippen LogP contribution in [0.25, 0.3) is 5.57 Å². The van der Waals surface area contributed by atoms with E-state index in [1.54, 1.807) is 52.0 Å². The third-order valence-electron chi connectivity index (χ3n) is 6.44. The van der Waals surface area contributed by atoms with E-state index in [-0.39, 0.29) is 22.6 Å². The number of fused-ring (bicyclic) bond motifs is 1. The normalized spacial score (nSPS) is 17.8. The van der Waals surface area contributed by atoms with Crippen LogP contribution in [0, 0.1) is 0 Å². The molecule has 0 bridgehead atoms. The summed E-state index contributed by atoms with van der Waals surface area (Å²) in [5.74, 6) is -0.687. The largest absolute Gasteiger partial charge is 0.492 e. The van der Waals surface area contributed by atoms with Crippen LogP contribution in [0.15, 0.2) is 30.5 Å². The Labute approximate surface area is 229 Å². The molecular weight excluding hydrogens is 535 g/mol. The second-order valence-electron chi connectivity index (χ2n) is 10.4. The lowest BCUT2D eigenvalue weighted by atomic mass is 9.82. The Kier molecular flexibility index (Phi) is 8.67. The summed E-state index contributed by atoms with van der Waals surface area (Å²) in [5, 5.41) is 0. The van der Waals surface area contributed by atoms with Gasteiger partial charge in [-0.25, -0.2) is 4.79 Å². The number of amides is 1. The summed E-state index contributed by atoms with van der Waals surface area (Å²) >= 11 is 0.583. The van der Waals surface area contributed by atoms with Gasteiger partial charge < -0.3 is 19.1 Å². The van der Waals surface area contributed by atoms with Crippen LogP contribution in [-0.2, 0) is 25.9 Å². The van der Waals surface area contributed by atoms with Gasteiger partial charge in [-0.15, -0.1) is 0 Å². The Bertz CT molecular complexity index is 1220. The number of halogens is 3. The van der Waals surface area contributed by atoms with E-state index in [1.165, 1.54) is 11.1 Å². The van der Waals surface area contributed by atoms with Gasteiger partial charge >= 0.3 is 12.1 Å². The number of ether oxygens (including phenoxy) is 3. The van der Waals surface area contributed by atoms with Gasteiger partial charge in [0.2, 0.25) is 0 Å². The third kappa shape index (κ3) is 6.79. The van der Waals surface area contributed by atoms with Crippen molar-refractivity contribution in [2.45, 2.75) is 45.4 Å². The van der Waals surface area contributed by atoms with E-state index in [2.05, 4.69) is 9.27 Å². The minimum atomic E-state index is -4.72. The van der Waals surface area contributed by atoms with Crippen LogP contribution in [0.1, 0.15) is 54.2 Å². The number of nitrogens with zero attached hydrogens (tertiary/aromatic N) is 3. The van der Waals surface area contributed by atoms with Gasteiger partial charge in [0.1, 0.15) is 12.4 Å². The van der Waals surface area contributed by atoms with Crippen LogP contribution >= 0.6 is 11.5 Å². The highest BCUT2D eigenvalue weighted by Gasteiger charge is 2.46. The summed E-state index contributed by atoms with van der Waals surface area (Å²) in [4.78, 5) is 30.1. The lowest BCUT2D eigenvalue weighted by Crippen LogP contribution is -2.38. The second kappa shape index (κ2) is 11.6. The highest BCUT2D eigenvalue weighted by molar-refractivity contribution is 7.07. The van der Waals surface area contributed by atoms with E-state index in [0.717, 1.165) is 19.6 Å².